The predicted molar refractivity (Wildman–Crippen MR) is 65.0 cm³/mol. The molecule has 0 aromatic heterocycles. The molecular weight excluding hydrogens is 184 g/mol. The maximum atomic E-state index is 3.54. The van der Waals surface area contributed by atoms with Crippen LogP contribution in [0.4, 0.5) is 0 Å². The number of likely N-dealkylation sites (tertiary alicyclic amines) is 1. The van der Waals surface area contributed by atoms with Crippen LogP contribution in [0, 0.1) is 11.8 Å². The van der Waals surface area contributed by atoms with Gasteiger partial charge in [-0.05, 0) is 58.2 Å². The molecule has 0 aliphatic carbocycles. The fourth-order valence-electron chi connectivity index (χ4n) is 3.64. The quantitative estimate of drug-likeness (QED) is 0.713. The van der Waals surface area contributed by atoms with E-state index in [0.29, 0.717) is 5.54 Å². The molecule has 0 aromatic carbocycles. The van der Waals surface area contributed by atoms with E-state index in [2.05, 4.69) is 37.9 Å². The highest BCUT2D eigenvalue weighted by atomic mass is 15.3. The van der Waals surface area contributed by atoms with Crippen molar-refractivity contribution in [2.75, 3.05) is 19.6 Å². The number of nitrogens with zero attached hydrogens (tertiary/aromatic N) is 1. The Balaban J connectivity index is 2.13. The van der Waals surface area contributed by atoms with Crippen LogP contribution >= 0.6 is 0 Å². The molecule has 2 aliphatic rings. The molecular formula is C13H26N2. The fraction of sp³-hybridized carbons (Fsp3) is 1.00. The summed E-state index contributed by atoms with van der Waals surface area (Å²) in [7, 11) is 0. The van der Waals surface area contributed by atoms with Crippen LogP contribution in [0.15, 0.2) is 0 Å². The zero-order valence-corrected chi connectivity index (χ0v) is 10.7. The fourth-order valence-corrected chi connectivity index (χ4v) is 3.64. The first-order valence-corrected chi connectivity index (χ1v) is 6.50. The molecule has 0 saturated carbocycles. The van der Waals surface area contributed by atoms with Crippen LogP contribution in [0.5, 0.6) is 0 Å². The van der Waals surface area contributed by atoms with Gasteiger partial charge in [-0.1, -0.05) is 13.8 Å². The van der Waals surface area contributed by atoms with Gasteiger partial charge >= 0.3 is 0 Å². The van der Waals surface area contributed by atoms with Crippen LogP contribution in [-0.4, -0.2) is 36.1 Å². The minimum Gasteiger partial charge on any atom is -0.316 e. The minimum atomic E-state index is 0.435. The maximum Gasteiger partial charge on any atom is 0.0176 e. The lowest BCUT2D eigenvalue weighted by molar-refractivity contribution is 0.0319. The van der Waals surface area contributed by atoms with Gasteiger partial charge in [0.1, 0.15) is 0 Å². The zero-order chi connectivity index (χ0) is 11.1. The highest BCUT2D eigenvalue weighted by molar-refractivity contribution is 4.97. The molecule has 2 heteroatoms. The first kappa shape index (κ1) is 11.4. The van der Waals surface area contributed by atoms with Gasteiger partial charge in [0.15, 0.2) is 0 Å². The first-order valence-electron chi connectivity index (χ1n) is 6.50. The number of piperidine rings is 1. The van der Waals surface area contributed by atoms with Crippen molar-refractivity contribution in [2.45, 2.75) is 52.1 Å². The van der Waals surface area contributed by atoms with E-state index in [0.717, 1.165) is 17.9 Å². The molecule has 2 atom stereocenters. The summed E-state index contributed by atoms with van der Waals surface area (Å²) in [6.07, 6.45) is 2.76. The molecule has 1 N–H and O–H groups in total. The minimum absolute atomic E-state index is 0.435. The maximum absolute atomic E-state index is 3.54. The van der Waals surface area contributed by atoms with Gasteiger partial charge in [0.2, 0.25) is 0 Å². The number of hydrogen-bond acceptors (Lipinski definition) is 2. The van der Waals surface area contributed by atoms with Crippen LogP contribution in [-0.2, 0) is 0 Å². The number of hydrogen-bond donors (Lipinski definition) is 1. The van der Waals surface area contributed by atoms with Crippen molar-refractivity contribution in [1.29, 1.82) is 0 Å². The average molecular weight is 210 g/mol. The van der Waals surface area contributed by atoms with Crippen molar-refractivity contribution in [3.8, 4) is 0 Å². The third kappa shape index (κ3) is 2.07. The van der Waals surface area contributed by atoms with Crippen molar-refractivity contribution in [3.63, 3.8) is 0 Å². The Kier molecular flexibility index (Phi) is 3.09. The molecule has 0 radical (unpaired) electrons. The Morgan fingerprint density at radius 2 is 1.73 bits per heavy atom. The SMILES string of the molecule is CC1CNCC(C)C1N1CCCC1(C)C. The van der Waals surface area contributed by atoms with Gasteiger partial charge < -0.3 is 5.32 Å². The highest BCUT2D eigenvalue weighted by Crippen LogP contribution is 2.35. The van der Waals surface area contributed by atoms with Crippen LogP contribution in [0.2, 0.25) is 0 Å². The van der Waals surface area contributed by atoms with Crippen molar-refractivity contribution in [1.82, 2.24) is 10.2 Å². The lowest BCUT2D eigenvalue weighted by atomic mass is 9.83. The van der Waals surface area contributed by atoms with Crippen LogP contribution < -0.4 is 5.32 Å². The molecule has 0 spiro atoms. The van der Waals surface area contributed by atoms with Gasteiger partial charge in [-0.15, -0.1) is 0 Å². The Labute approximate surface area is 94.4 Å². The van der Waals surface area contributed by atoms with E-state index in [4.69, 9.17) is 0 Å². The van der Waals surface area contributed by atoms with Gasteiger partial charge in [0.05, 0.1) is 0 Å². The lowest BCUT2D eigenvalue weighted by Crippen LogP contribution is -2.57. The summed E-state index contributed by atoms with van der Waals surface area (Å²) >= 11 is 0. The van der Waals surface area contributed by atoms with Crippen molar-refractivity contribution in [2.24, 2.45) is 11.8 Å². The second-order valence-electron chi connectivity index (χ2n) is 6.21. The van der Waals surface area contributed by atoms with Crippen LogP contribution in [0.1, 0.15) is 40.5 Å². The highest BCUT2D eigenvalue weighted by Gasteiger charge is 2.41. The Morgan fingerprint density at radius 3 is 2.20 bits per heavy atom. The predicted octanol–water partition coefficient (Wildman–Crippen LogP) is 2.10. The Hall–Kier alpha value is -0.0800. The standard InChI is InChI=1S/C13H26N2/c1-10-8-14-9-11(2)12(10)15-7-5-6-13(15,3)4/h10-12,14H,5-9H2,1-4H3. The van der Waals surface area contributed by atoms with Gasteiger partial charge in [0, 0.05) is 11.6 Å². The van der Waals surface area contributed by atoms with E-state index in [9.17, 15) is 0 Å². The largest absolute Gasteiger partial charge is 0.316 e. The number of rotatable bonds is 1. The summed E-state index contributed by atoms with van der Waals surface area (Å²) in [6.45, 7) is 13.3. The summed E-state index contributed by atoms with van der Waals surface area (Å²) in [5, 5.41) is 3.54. The summed E-state index contributed by atoms with van der Waals surface area (Å²) < 4.78 is 0. The third-order valence-electron chi connectivity index (χ3n) is 4.42. The lowest BCUT2D eigenvalue weighted by Gasteiger charge is -2.47. The third-order valence-corrected chi connectivity index (χ3v) is 4.42. The van der Waals surface area contributed by atoms with E-state index in [1.165, 1.54) is 32.5 Å². The molecule has 2 heterocycles. The second kappa shape index (κ2) is 4.06. The van der Waals surface area contributed by atoms with Crippen molar-refractivity contribution in [3.05, 3.63) is 0 Å². The molecule has 0 aromatic rings. The molecule has 2 rings (SSSR count). The zero-order valence-electron chi connectivity index (χ0n) is 10.7. The molecule has 0 amide bonds. The summed E-state index contributed by atoms with van der Waals surface area (Å²) in [6, 6.07) is 0.795. The molecule has 2 unspecified atom stereocenters. The topological polar surface area (TPSA) is 15.3 Å². The molecule has 15 heavy (non-hydrogen) atoms. The average Bonchev–Trinajstić information content (AvgIpc) is 2.46. The summed E-state index contributed by atoms with van der Waals surface area (Å²) in [5.74, 6) is 1.59. The van der Waals surface area contributed by atoms with Crippen LogP contribution in [0.25, 0.3) is 0 Å². The first-order chi connectivity index (χ1) is 7.02. The Morgan fingerprint density at radius 1 is 1.13 bits per heavy atom. The summed E-state index contributed by atoms with van der Waals surface area (Å²) in [4.78, 5) is 2.78. The van der Waals surface area contributed by atoms with E-state index in [-0.39, 0.29) is 0 Å². The molecule has 0 bridgehead atoms. The normalized spacial score (nSPS) is 42.0. The molecule has 2 nitrogen and oxygen atoms in total. The molecule has 2 saturated heterocycles. The van der Waals surface area contributed by atoms with Gasteiger partial charge in [-0.2, -0.15) is 0 Å². The van der Waals surface area contributed by atoms with E-state index in [1.807, 2.05) is 0 Å². The van der Waals surface area contributed by atoms with Crippen molar-refractivity contribution < 1.29 is 0 Å². The molecule has 88 valence electrons. The smallest absolute Gasteiger partial charge is 0.0176 e. The van der Waals surface area contributed by atoms with E-state index in [1.54, 1.807) is 0 Å². The Bertz CT molecular complexity index is 215. The van der Waals surface area contributed by atoms with Gasteiger partial charge in [0.25, 0.3) is 0 Å². The molecule has 2 aliphatic heterocycles. The van der Waals surface area contributed by atoms with E-state index < -0.39 is 0 Å². The van der Waals surface area contributed by atoms with Gasteiger partial charge in [-0.25, -0.2) is 0 Å². The van der Waals surface area contributed by atoms with Crippen molar-refractivity contribution >= 4 is 0 Å². The van der Waals surface area contributed by atoms with E-state index >= 15 is 0 Å². The number of nitrogens with one attached hydrogen (secondary N) is 1. The van der Waals surface area contributed by atoms with Crippen LogP contribution in [0.3, 0.4) is 0 Å². The second-order valence-corrected chi connectivity index (χ2v) is 6.21. The summed E-state index contributed by atoms with van der Waals surface area (Å²) in [5.41, 5.74) is 0.435. The monoisotopic (exact) mass is 210 g/mol. The molecule has 2 fully saturated rings. The van der Waals surface area contributed by atoms with Gasteiger partial charge in [-0.3, -0.25) is 4.90 Å².